The minimum Gasteiger partial charge on any atom is -0.339 e. The molecule has 1 saturated heterocycles. The van der Waals surface area contributed by atoms with Crippen molar-refractivity contribution in [3.63, 3.8) is 0 Å². The van der Waals surface area contributed by atoms with E-state index in [4.69, 9.17) is 5.84 Å². The summed E-state index contributed by atoms with van der Waals surface area (Å²) in [4.78, 5) is 6.67. The van der Waals surface area contributed by atoms with Gasteiger partial charge in [0.15, 0.2) is 0 Å². The SMILES string of the molecule is C[C@@H]1CN(C(=Nc2ccccc2)NN)CCN1. The quantitative estimate of drug-likeness (QED) is 0.285. The van der Waals surface area contributed by atoms with Gasteiger partial charge in [-0.15, -0.1) is 0 Å². The number of nitrogens with two attached hydrogens (primary N) is 1. The Morgan fingerprint density at radius 1 is 1.47 bits per heavy atom. The van der Waals surface area contributed by atoms with Crippen molar-refractivity contribution in [3.05, 3.63) is 30.3 Å². The highest BCUT2D eigenvalue weighted by molar-refractivity contribution is 5.82. The van der Waals surface area contributed by atoms with Crippen molar-refractivity contribution in [1.82, 2.24) is 15.6 Å². The minimum atomic E-state index is 0.457. The van der Waals surface area contributed by atoms with Gasteiger partial charge < -0.3 is 10.2 Å². The van der Waals surface area contributed by atoms with Gasteiger partial charge >= 0.3 is 0 Å². The Hall–Kier alpha value is -1.59. The number of rotatable bonds is 1. The number of aliphatic imine (C=N–C) groups is 1. The molecule has 0 aromatic heterocycles. The van der Waals surface area contributed by atoms with Crippen molar-refractivity contribution in [2.24, 2.45) is 10.8 Å². The Morgan fingerprint density at radius 3 is 2.88 bits per heavy atom. The van der Waals surface area contributed by atoms with E-state index in [2.05, 4.69) is 27.6 Å². The van der Waals surface area contributed by atoms with Crippen LogP contribution in [0.1, 0.15) is 6.92 Å². The molecule has 0 bridgehead atoms. The number of hydrogen-bond donors (Lipinski definition) is 3. The summed E-state index contributed by atoms with van der Waals surface area (Å²) >= 11 is 0. The van der Waals surface area contributed by atoms with E-state index in [1.165, 1.54) is 0 Å². The first-order valence-corrected chi connectivity index (χ1v) is 5.88. The third-order valence-corrected chi connectivity index (χ3v) is 2.79. The standard InChI is InChI=1S/C12H19N5/c1-10-9-17(8-7-14-10)12(16-13)15-11-5-3-2-4-6-11/h2-6,10,14H,7-9,13H2,1H3,(H,15,16)/t10-/m1/s1. The predicted molar refractivity (Wildman–Crippen MR) is 69.9 cm³/mol. The van der Waals surface area contributed by atoms with Crippen LogP contribution in [0.4, 0.5) is 5.69 Å². The van der Waals surface area contributed by atoms with Crippen molar-refractivity contribution in [3.8, 4) is 0 Å². The van der Waals surface area contributed by atoms with Crippen LogP contribution in [-0.4, -0.2) is 36.5 Å². The molecule has 1 atom stereocenters. The summed E-state index contributed by atoms with van der Waals surface area (Å²) in [6.07, 6.45) is 0. The van der Waals surface area contributed by atoms with Crippen LogP contribution < -0.4 is 16.6 Å². The highest BCUT2D eigenvalue weighted by atomic mass is 15.4. The zero-order valence-electron chi connectivity index (χ0n) is 10.1. The minimum absolute atomic E-state index is 0.457. The van der Waals surface area contributed by atoms with Crippen LogP contribution in [0.15, 0.2) is 35.3 Å². The smallest absolute Gasteiger partial charge is 0.213 e. The number of piperazine rings is 1. The van der Waals surface area contributed by atoms with E-state index in [0.29, 0.717) is 6.04 Å². The number of nitrogens with zero attached hydrogens (tertiary/aromatic N) is 2. The van der Waals surface area contributed by atoms with Gasteiger partial charge in [-0.25, -0.2) is 10.8 Å². The van der Waals surface area contributed by atoms with Crippen LogP contribution in [0.3, 0.4) is 0 Å². The fraction of sp³-hybridized carbons (Fsp3) is 0.417. The van der Waals surface area contributed by atoms with E-state index in [9.17, 15) is 0 Å². The van der Waals surface area contributed by atoms with Gasteiger partial charge in [-0.1, -0.05) is 18.2 Å². The van der Waals surface area contributed by atoms with Gasteiger partial charge in [-0.3, -0.25) is 5.43 Å². The maximum atomic E-state index is 5.55. The van der Waals surface area contributed by atoms with Crippen LogP contribution >= 0.6 is 0 Å². The Bertz CT molecular complexity index is 376. The third kappa shape index (κ3) is 3.18. The van der Waals surface area contributed by atoms with Crippen LogP contribution in [0, 0.1) is 0 Å². The van der Waals surface area contributed by atoms with E-state index in [0.717, 1.165) is 31.3 Å². The largest absolute Gasteiger partial charge is 0.339 e. The first-order chi connectivity index (χ1) is 8.29. The molecule has 1 aromatic carbocycles. The van der Waals surface area contributed by atoms with Crippen LogP contribution in [0.5, 0.6) is 0 Å². The summed E-state index contributed by atoms with van der Waals surface area (Å²) in [6, 6.07) is 10.3. The summed E-state index contributed by atoms with van der Waals surface area (Å²) in [7, 11) is 0. The zero-order chi connectivity index (χ0) is 12.1. The van der Waals surface area contributed by atoms with Gasteiger partial charge in [0.2, 0.25) is 5.96 Å². The van der Waals surface area contributed by atoms with E-state index >= 15 is 0 Å². The van der Waals surface area contributed by atoms with Crippen LogP contribution in [0.2, 0.25) is 0 Å². The van der Waals surface area contributed by atoms with E-state index in [1.54, 1.807) is 0 Å². The van der Waals surface area contributed by atoms with Crippen molar-refractivity contribution in [2.75, 3.05) is 19.6 Å². The normalized spacial score (nSPS) is 21.4. The average molecular weight is 233 g/mol. The van der Waals surface area contributed by atoms with Crippen molar-refractivity contribution in [2.45, 2.75) is 13.0 Å². The van der Waals surface area contributed by atoms with Crippen molar-refractivity contribution < 1.29 is 0 Å². The maximum Gasteiger partial charge on any atom is 0.213 e. The molecule has 4 N–H and O–H groups in total. The molecule has 1 heterocycles. The lowest BCUT2D eigenvalue weighted by molar-refractivity contribution is 0.296. The molecule has 0 amide bonds. The van der Waals surface area contributed by atoms with E-state index in [1.807, 2.05) is 30.3 Å². The molecule has 0 unspecified atom stereocenters. The van der Waals surface area contributed by atoms with Crippen molar-refractivity contribution in [1.29, 1.82) is 0 Å². The Kier molecular flexibility index (Phi) is 3.95. The molecular formula is C12H19N5. The topological polar surface area (TPSA) is 65.7 Å². The van der Waals surface area contributed by atoms with Gasteiger partial charge in [0.1, 0.15) is 0 Å². The molecule has 1 aliphatic rings. The Labute approximate surface area is 102 Å². The van der Waals surface area contributed by atoms with E-state index in [-0.39, 0.29) is 0 Å². The molecule has 92 valence electrons. The summed E-state index contributed by atoms with van der Waals surface area (Å²) < 4.78 is 0. The number of benzene rings is 1. The first kappa shape index (κ1) is 11.9. The number of hydrazine groups is 1. The molecule has 1 fully saturated rings. The summed E-state index contributed by atoms with van der Waals surface area (Å²) in [5.74, 6) is 6.28. The highest BCUT2D eigenvalue weighted by Crippen LogP contribution is 2.11. The number of hydrogen-bond acceptors (Lipinski definition) is 3. The fourth-order valence-corrected chi connectivity index (χ4v) is 1.94. The van der Waals surface area contributed by atoms with Crippen LogP contribution in [-0.2, 0) is 0 Å². The zero-order valence-corrected chi connectivity index (χ0v) is 10.1. The van der Waals surface area contributed by atoms with Gasteiger partial charge in [0.25, 0.3) is 0 Å². The van der Waals surface area contributed by atoms with Gasteiger partial charge in [-0.2, -0.15) is 0 Å². The third-order valence-electron chi connectivity index (χ3n) is 2.79. The molecule has 0 aliphatic carbocycles. The summed E-state index contributed by atoms with van der Waals surface area (Å²) in [5, 5.41) is 3.39. The fourth-order valence-electron chi connectivity index (χ4n) is 1.94. The number of nitrogens with one attached hydrogen (secondary N) is 2. The summed E-state index contributed by atoms with van der Waals surface area (Å²) in [5.41, 5.74) is 3.60. The molecule has 0 radical (unpaired) electrons. The lowest BCUT2D eigenvalue weighted by Gasteiger charge is -2.33. The predicted octanol–water partition coefficient (Wildman–Crippen LogP) is 0.431. The maximum absolute atomic E-state index is 5.55. The number of para-hydroxylation sites is 1. The highest BCUT2D eigenvalue weighted by Gasteiger charge is 2.18. The molecule has 0 saturated carbocycles. The van der Waals surface area contributed by atoms with Crippen LogP contribution in [0.25, 0.3) is 0 Å². The molecule has 5 heteroatoms. The van der Waals surface area contributed by atoms with Crippen molar-refractivity contribution >= 4 is 11.6 Å². The van der Waals surface area contributed by atoms with Gasteiger partial charge in [0.05, 0.1) is 5.69 Å². The molecule has 1 aliphatic heterocycles. The second-order valence-electron chi connectivity index (χ2n) is 4.22. The monoisotopic (exact) mass is 233 g/mol. The van der Waals surface area contributed by atoms with E-state index < -0.39 is 0 Å². The first-order valence-electron chi connectivity index (χ1n) is 5.88. The molecule has 17 heavy (non-hydrogen) atoms. The lowest BCUT2D eigenvalue weighted by atomic mass is 10.2. The molecule has 1 aromatic rings. The summed E-state index contributed by atoms with van der Waals surface area (Å²) in [6.45, 7) is 4.94. The number of guanidine groups is 1. The molecule has 0 spiro atoms. The average Bonchev–Trinajstić information content (AvgIpc) is 2.37. The second kappa shape index (κ2) is 5.65. The van der Waals surface area contributed by atoms with Gasteiger partial charge in [0, 0.05) is 25.7 Å². The molecule has 5 nitrogen and oxygen atoms in total. The lowest BCUT2D eigenvalue weighted by Crippen LogP contribution is -2.55. The van der Waals surface area contributed by atoms with Gasteiger partial charge in [-0.05, 0) is 19.1 Å². The second-order valence-corrected chi connectivity index (χ2v) is 4.22. The Morgan fingerprint density at radius 2 is 2.24 bits per heavy atom. The Balaban J connectivity index is 2.12. The molecule has 2 rings (SSSR count). The molecular weight excluding hydrogens is 214 g/mol.